The Labute approximate surface area is 104 Å². The summed E-state index contributed by atoms with van der Waals surface area (Å²) in [4.78, 5) is 11.8. The Morgan fingerprint density at radius 3 is 2.38 bits per heavy atom. The molecule has 0 bridgehead atoms. The minimum Gasteiger partial charge on any atom is -0.378 e. The molecule has 0 heterocycles. The zero-order valence-corrected chi connectivity index (χ0v) is 11.2. The van der Waals surface area contributed by atoms with E-state index in [1.807, 2.05) is 0 Å². The van der Waals surface area contributed by atoms with Crippen LogP contribution in [0.2, 0.25) is 0 Å². The largest absolute Gasteiger partial charge is 0.378 e. The molecule has 0 aromatic carbocycles. The molecule has 0 saturated heterocycles. The molecule has 0 rings (SSSR count). The van der Waals surface area contributed by atoms with Crippen LogP contribution in [0.3, 0.4) is 0 Å². The van der Waals surface area contributed by atoms with Gasteiger partial charge < -0.3 is 10.1 Å². The van der Waals surface area contributed by atoms with E-state index in [1.165, 1.54) is 0 Å². The second-order valence-electron chi connectivity index (χ2n) is 3.87. The molecule has 3 nitrogen and oxygen atoms in total. The fraction of sp³-hybridized carbons (Fsp3) is 0.917. The zero-order valence-electron chi connectivity index (χ0n) is 10.4. The number of amides is 1. The molecule has 0 saturated carbocycles. The lowest BCUT2D eigenvalue weighted by atomic mass is 9.97. The first-order chi connectivity index (χ1) is 7.76. The molecular formula is C12H24ClNO2. The van der Waals surface area contributed by atoms with Crippen LogP contribution in [-0.2, 0) is 9.53 Å². The Balaban J connectivity index is 3.65. The van der Waals surface area contributed by atoms with Gasteiger partial charge in [0.1, 0.15) is 0 Å². The van der Waals surface area contributed by atoms with Crippen molar-refractivity contribution in [1.29, 1.82) is 0 Å². The molecular weight excluding hydrogens is 226 g/mol. The van der Waals surface area contributed by atoms with E-state index in [4.69, 9.17) is 16.3 Å². The average molecular weight is 250 g/mol. The fourth-order valence-electron chi connectivity index (χ4n) is 1.65. The molecule has 0 aliphatic heterocycles. The van der Waals surface area contributed by atoms with Gasteiger partial charge in [0.25, 0.3) is 0 Å². The van der Waals surface area contributed by atoms with E-state index < -0.39 is 0 Å². The molecule has 0 radical (unpaired) electrons. The summed E-state index contributed by atoms with van der Waals surface area (Å²) in [6.07, 6.45) is 4.06. The monoisotopic (exact) mass is 249 g/mol. The summed E-state index contributed by atoms with van der Waals surface area (Å²) in [5, 5.41) is 2.90. The Hall–Kier alpha value is -0.280. The number of hydrogen-bond donors (Lipinski definition) is 1. The van der Waals surface area contributed by atoms with Crippen LogP contribution in [0.4, 0.5) is 0 Å². The van der Waals surface area contributed by atoms with Crippen molar-refractivity contribution >= 4 is 17.5 Å². The van der Waals surface area contributed by atoms with Crippen molar-refractivity contribution in [3.8, 4) is 0 Å². The number of rotatable bonds is 10. The van der Waals surface area contributed by atoms with Gasteiger partial charge in [0.15, 0.2) is 0 Å². The first kappa shape index (κ1) is 15.7. The molecule has 0 aromatic heterocycles. The van der Waals surface area contributed by atoms with Crippen molar-refractivity contribution < 1.29 is 9.53 Å². The van der Waals surface area contributed by atoms with Crippen LogP contribution < -0.4 is 5.32 Å². The van der Waals surface area contributed by atoms with Crippen molar-refractivity contribution in [2.45, 2.75) is 39.5 Å². The number of ether oxygens (including phenoxy) is 1. The third-order valence-electron chi connectivity index (χ3n) is 2.41. The van der Waals surface area contributed by atoms with Gasteiger partial charge in [-0.05, 0) is 12.8 Å². The van der Waals surface area contributed by atoms with Crippen LogP contribution in [0.5, 0.6) is 0 Å². The molecule has 0 fully saturated rings. The van der Waals surface area contributed by atoms with E-state index in [0.29, 0.717) is 25.6 Å². The molecule has 16 heavy (non-hydrogen) atoms. The summed E-state index contributed by atoms with van der Waals surface area (Å²) in [7, 11) is 0. The van der Waals surface area contributed by atoms with Gasteiger partial charge in [-0.25, -0.2) is 0 Å². The quantitative estimate of drug-likeness (QED) is 0.477. The lowest BCUT2D eigenvalue weighted by Gasteiger charge is -2.15. The van der Waals surface area contributed by atoms with Crippen molar-refractivity contribution in [2.75, 3.05) is 25.6 Å². The molecule has 1 N–H and O–H groups in total. The fourth-order valence-corrected chi connectivity index (χ4v) is 1.76. The molecule has 1 amide bonds. The lowest BCUT2D eigenvalue weighted by Crippen LogP contribution is -2.33. The standard InChI is InChI=1S/C12H24ClNO2/c1-3-5-11(6-4-2)12(15)14-8-10-16-9-7-13/h11H,3-10H2,1-2H3,(H,14,15). The van der Waals surface area contributed by atoms with Crippen LogP contribution >= 0.6 is 11.6 Å². The van der Waals surface area contributed by atoms with Gasteiger partial charge in [-0.3, -0.25) is 4.79 Å². The van der Waals surface area contributed by atoms with E-state index in [9.17, 15) is 4.79 Å². The van der Waals surface area contributed by atoms with Gasteiger partial charge in [0.2, 0.25) is 5.91 Å². The van der Waals surface area contributed by atoms with Crippen molar-refractivity contribution in [3.63, 3.8) is 0 Å². The van der Waals surface area contributed by atoms with Gasteiger partial charge in [0, 0.05) is 18.3 Å². The molecule has 0 aliphatic carbocycles. The topological polar surface area (TPSA) is 38.3 Å². The van der Waals surface area contributed by atoms with Crippen LogP contribution in [-0.4, -0.2) is 31.5 Å². The molecule has 0 aromatic rings. The minimum absolute atomic E-state index is 0.165. The highest BCUT2D eigenvalue weighted by atomic mass is 35.5. The van der Waals surface area contributed by atoms with Gasteiger partial charge in [0.05, 0.1) is 13.2 Å². The van der Waals surface area contributed by atoms with Gasteiger partial charge in [-0.2, -0.15) is 0 Å². The maximum absolute atomic E-state index is 11.8. The first-order valence-electron chi connectivity index (χ1n) is 6.17. The second-order valence-corrected chi connectivity index (χ2v) is 4.24. The van der Waals surface area contributed by atoms with Gasteiger partial charge >= 0.3 is 0 Å². The minimum atomic E-state index is 0.165. The van der Waals surface area contributed by atoms with E-state index in [0.717, 1.165) is 25.7 Å². The molecule has 4 heteroatoms. The highest BCUT2D eigenvalue weighted by Crippen LogP contribution is 2.13. The van der Waals surface area contributed by atoms with E-state index in [1.54, 1.807) is 0 Å². The van der Waals surface area contributed by atoms with E-state index in [-0.39, 0.29) is 11.8 Å². The van der Waals surface area contributed by atoms with Crippen molar-refractivity contribution in [1.82, 2.24) is 5.32 Å². The third-order valence-corrected chi connectivity index (χ3v) is 2.57. The number of carbonyl (C=O) groups is 1. The summed E-state index contributed by atoms with van der Waals surface area (Å²) in [6.45, 7) is 5.90. The second kappa shape index (κ2) is 11.2. The predicted octanol–water partition coefficient (Wildman–Crippen LogP) is 2.57. The van der Waals surface area contributed by atoms with Crippen LogP contribution in [0.15, 0.2) is 0 Å². The van der Waals surface area contributed by atoms with Crippen molar-refractivity contribution in [3.05, 3.63) is 0 Å². The number of nitrogens with one attached hydrogen (secondary N) is 1. The SMILES string of the molecule is CCCC(CCC)C(=O)NCCOCCCl. The summed E-state index contributed by atoms with van der Waals surface area (Å²) in [5.74, 6) is 0.837. The summed E-state index contributed by atoms with van der Waals surface area (Å²) < 4.78 is 5.19. The van der Waals surface area contributed by atoms with Gasteiger partial charge in [-0.15, -0.1) is 11.6 Å². The lowest BCUT2D eigenvalue weighted by molar-refractivity contribution is -0.125. The number of hydrogen-bond acceptors (Lipinski definition) is 2. The van der Waals surface area contributed by atoms with E-state index >= 15 is 0 Å². The zero-order chi connectivity index (χ0) is 12.2. The molecule has 0 atom stereocenters. The molecule has 0 aliphatic rings. The Morgan fingerprint density at radius 1 is 1.25 bits per heavy atom. The number of halogens is 1. The Kier molecular flexibility index (Phi) is 11.0. The third kappa shape index (κ3) is 7.94. The van der Waals surface area contributed by atoms with Crippen LogP contribution in [0.1, 0.15) is 39.5 Å². The molecule has 0 unspecified atom stereocenters. The summed E-state index contributed by atoms with van der Waals surface area (Å²) in [6, 6.07) is 0. The Morgan fingerprint density at radius 2 is 1.88 bits per heavy atom. The van der Waals surface area contributed by atoms with Crippen molar-refractivity contribution in [2.24, 2.45) is 5.92 Å². The number of carbonyl (C=O) groups excluding carboxylic acids is 1. The normalized spacial score (nSPS) is 10.8. The first-order valence-corrected chi connectivity index (χ1v) is 6.71. The summed E-state index contributed by atoms with van der Waals surface area (Å²) in [5.41, 5.74) is 0. The molecule has 0 spiro atoms. The highest BCUT2D eigenvalue weighted by molar-refractivity contribution is 6.17. The molecule has 96 valence electrons. The predicted molar refractivity (Wildman–Crippen MR) is 67.9 cm³/mol. The maximum Gasteiger partial charge on any atom is 0.223 e. The average Bonchev–Trinajstić information content (AvgIpc) is 2.28. The van der Waals surface area contributed by atoms with E-state index in [2.05, 4.69) is 19.2 Å². The van der Waals surface area contributed by atoms with Gasteiger partial charge in [-0.1, -0.05) is 26.7 Å². The smallest absolute Gasteiger partial charge is 0.223 e. The maximum atomic E-state index is 11.8. The summed E-state index contributed by atoms with van der Waals surface area (Å²) >= 11 is 5.46. The Bertz CT molecular complexity index is 170. The van der Waals surface area contributed by atoms with Crippen LogP contribution in [0.25, 0.3) is 0 Å². The van der Waals surface area contributed by atoms with Crippen LogP contribution in [0, 0.1) is 5.92 Å². The highest BCUT2D eigenvalue weighted by Gasteiger charge is 2.15. The number of alkyl halides is 1.